The van der Waals surface area contributed by atoms with Crippen LogP contribution in [0.5, 0.6) is 0 Å². The highest BCUT2D eigenvalue weighted by Crippen LogP contribution is 2.59. The molecule has 1 saturated carbocycles. The molecule has 4 aromatic rings. The highest BCUT2D eigenvalue weighted by molar-refractivity contribution is 5.96. The van der Waals surface area contributed by atoms with E-state index in [1.807, 2.05) is 115 Å². The fraction of sp³-hybridized carbons (Fsp3) is 0.420. The summed E-state index contributed by atoms with van der Waals surface area (Å²) in [4.78, 5) is 52.7. The van der Waals surface area contributed by atoms with Crippen molar-refractivity contribution >= 4 is 23.9 Å². The zero-order valence-corrected chi connectivity index (χ0v) is 36.7. The fourth-order valence-electron chi connectivity index (χ4n) is 10.2. The number of nitrogens with one attached hydrogen (secondary N) is 1. The number of esters is 1. The lowest BCUT2D eigenvalue weighted by atomic mass is 9.62. The molecule has 12 atom stereocenters. The summed E-state index contributed by atoms with van der Waals surface area (Å²) in [5.74, 6) is -3.15. The third kappa shape index (κ3) is 8.70. The zero-order chi connectivity index (χ0) is 46.9. The van der Waals surface area contributed by atoms with Gasteiger partial charge in [-0.25, -0.2) is 0 Å². The number of ether oxygens (including phenoxy) is 5. The molecule has 4 saturated heterocycles. The number of benzene rings is 4. The molecule has 5 aliphatic rings. The predicted octanol–water partition coefficient (Wildman–Crippen LogP) is 1.18. The van der Waals surface area contributed by atoms with Crippen molar-refractivity contribution in [3.05, 3.63) is 149 Å². The highest BCUT2D eigenvalue weighted by Gasteiger charge is 2.77. The van der Waals surface area contributed by atoms with Gasteiger partial charge in [0.1, 0.15) is 60.3 Å². The maximum atomic E-state index is 15.7. The molecule has 0 spiro atoms. The van der Waals surface area contributed by atoms with Crippen LogP contribution in [0.2, 0.25) is 0 Å². The monoisotopic (exact) mass is 921 g/mol. The Balaban J connectivity index is 1.04. The van der Waals surface area contributed by atoms with Gasteiger partial charge in [-0.05, 0) is 16.7 Å². The lowest BCUT2D eigenvalue weighted by Crippen LogP contribution is -2.70. The molecule has 1 aliphatic carbocycles. The Kier molecular flexibility index (Phi) is 13.7. The minimum atomic E-state index is -1.63. The summed E-state index contributed by atoms with van der Waals surface area (Å²) < 4.78 is 31.5. The third-order valence-corrected chi connectivity index (χ3v) is 13.4. The molecule has 6 N–H and O–H groups in total. The number of nitrogens with zero attached hydrogens (tertiary/aromatic N) is 2. The average molecular weight is 922 g/mol. The number of hydrogen-bond donors (Lipinski definition) is 6. The van der Waals surface area contributed by atoms with Crippen LogP contribution in [-0.2, 0) is 61.7 Å². The van der Waals surface area contributed by atoms with Crippen LogP contribution in [0.1, 0.15) is 34.2 Å². The summed E-state index contributed by atoms with van der Waals surface area (Å²) in [6, 6.07) is 33.2. The van der Waals surface area contributed by atoms with Crippen LogP contribution in [0.15, 0.2) is 121 Å². The molecule has 2 bridgehead atoms. The molecule has 354 valence electrons. The van der Waals surface area contributed by atoms with E-state index in [4.69, 9.17) is 28.5 Å². The van der Waals surface area contributed by atoms with E-state index >= 15 is 4.79 Å². The molecule has 2 amide bonds. The van der Waals surface area contributed by atoms with Crippen LogP contribution in [0, 0.1) is 5.41 Å². The Morgan fingerprint density at radius 1 is 0.866 bits per heavy atom. The lowest BCUT2D eigenvalue weighted by molar-refractivity contribution is -0.298. The van der Waals surface area contributed by atoms with Crippen molar-refractivity contribution in [1.29, 1.82) is 0 Å². The van der Waals surface area contributed by atoms with Gasteiger partial charge in [0.05, 0.1) is 26.4 Å². The van der Waals surface area contributed by atoms with Gasteiger partial charge < -0.3 is 59.4 Å². The Morgan fingerprint density at radius 3 is 2.19 bits per heavy atom. The number of likely N-dealkylation sites (N-methyl/N-ethyl adjacent to an activating group) is 1. The fourth-order valence-corrected chi connectivity index (χ4v) is 10.2. The Morgan fingerprint density at radius 2 is 1.52 bits per heavy atom. The summed E-state index contributed by atoms with van der Waals surface area (Å²) in [5.41, 5.74) is 1.97. The van der Waals surface area contributed by atoms with Crippen LogP contribution in [-0.4, -0.2) is 154 Å². The number of hydroxylamine groups is 2. The first kappa shape index (κ1) is 46.7. The van der Waals surface area contributed by atoms with E-state index in [9.17, 15) is 35.1 Å². The van der Waals surface area contributed by atoms with Crippen molar-refractivity contribution in [3.8, 4) is 0 Å². The second kappa shape index (κ2) is 19.7. The van der Waals surface area contributed by atoms with Crippen molar-refractivity contribution < 1.29 is 68.4 Å². The number of hydrogen-bond acceptors (Lipinski definition) is 15. The second-order valence-electron chi connectivity index (χ2n) is 17.6. The third-order valence-electron chi connectivity index (χ3n) is 13.4. The summed E-state index contributed by atoms with van der Waals surface area (Å²) >= 11 is 0. The van der Waals surface area contributed by atoms with Crippen LogP contribution in [0.25, 0.3) is 6.08 Å². The van der Waals surface area contributed by atoms with Crippen molar-refractivity contribution in [3.63, 3.8) is 0 Å². The largest absolute Gasteiger partial charge is 0.458 e. The molecule has 4 aromatic carbocycles. The van der Waals surface area contributed by atoms with E-state index in [0.29, 0.717) is 16.7 Å². The number of carbonyl (C=O) groups is 3. The topological polar surface area (TPSA) is 226 Å². The number of aliphatic hydroxyl groups excluding tert-OH is 5. The molecular formula is C50H55N3O14. The maximum absolute atomic E-state index is 15.7. The predicted molar refractivity (Wildman–Crippen MR) is 237 cm³/mol. The molecule has 17 nitrogen and oxygen atoms in total. The van der Waals surface area contributed by atoms with Gasteiger partial charge in [0.2, 0.25) is 17.6 Å². The highest BCUT2D eigenvalue weighted by atomic mass is 16.8. The average Bonchev–Trinajstić information content (AvgIpc) is 3.94. The summed E-state index contributed by atoms with van der Waals surface area (Å²) in [6.45, 7) is -0.943. The second-order valence-corrected chi connectivity index (χ2v) is 17.6. The molecule has 0 aromatic heterocycles. The van der Waals surface area contributed by atoms with Crippen molar-refractivity contribution in [1.82, 2.24) is 15.3 Å². The van der Waals surface area contributed by atoms with E-state index in [1.165, 1.54) is 9.96 Å². The quantitative estimate of drug-likeness (QED) is 0.0869. The molecule has 17 heteroatoms. The number of carbonyl (C=O) groups excluding carboxylic acids is 3. The van der Waals surface area contributed by atoms with E-state index in [1.54, 1.807) is 19.2 Å². The Labute approximate surface area is 387 Å². The number of rotatable bonds is 16. The Bertz CT molecular complexity index is 2350. The van der Waals surface area contributed by atoms with Gasteiger partial charge in [-0.15, -0.1) is 0 Å². The number of fused-ring (bicyclic) bond motifs is 4. The first-order valence-electron chi connectivity index (χ1n) is 22.5. The molecule has 12 unspecified atom stereocenters. The van der Waals surface area contributed by atoms with Crippen LogP contribution in [0.3, 0.4) is 0 Å². The molecule has 4 aliphatic heterocycles. The lowest BCUT2D eigenvalue weighted by Gasteiger charge is -2.50. The smallest absolute Gasteiger partial charge is 0.327 e. The van der Waals surface area contributed by atoms with Gasteiger partial charge in [0.25, 0.3) is 0 Å². The number of amides is 2. The molecule has 5 fully saturated rings. The van der Waals surface area contributed by atoms with Crippen molar-refractivity contribution in [2.24, 2.45) is 5.41 Å². The minimum Gasteiger partial charge on any atom is -0.458 e. The first-order chi connectivity index (χ1) is 32.5. The van der Waals surface area contributed by atoms with Gasteiger partial charge in [0.15, 0.2) is 12.3 Å². The SMILES string of the molecule is CN(C(=O)C12CC3OC(=O)C1N(Cc1cccc(C=CCOC4OC(CO)C(O)C(O)C4O)c1)OC2C1OC(c2ccccc2)(c2ccccc2)OC31)C(Cc1ccccc1)C(=O)NCCO. The molecule has 67 heavy (non-hydrogen) atoms. The zero-order valence-electron chi connectivity index (χ0n) is 36.7. The summed E-state index contributed by atoms with van der Waals surface area (Å²) in [7, 11) is 1.55. The standard InChI is InChI=1S/C50H55N3O14/c1-52(35(45(59)51-22-23-54)26-31-13-5-2-6-14-31)48(61)49-27-36-41-42(66-50(65-41,33-18-7-3-8-19-33)34-20-9-4-10-21-34)44(49)67-53(43(49)46(60)63-36)28-32-16-11-15-30(25-32)17-12-24-62-47-40(58)39(57)38(56)37(29-55)64-47/h2-21,25,35-44,47,54-58H,22-24,26-29H2,1H3,(H,51,59). The van der Waals surface area contributed by atoms with Gasteiger partial charge >= 0.3 is 5.97 Å². The van der Waals surface area contributed by atoms with Gasteiger partial charge in [-0.3, -0.25) is 19.2 Å². The van der Waals surface area contributed by atoms with Gasteiger partial charge in [-0.1, -0.05) is 127 Å². The molecular weight excluding hydrogens is 867 g/mol. The number of aliphatic hydroxyl groups is 5. The molecule has 0 radical (unpaired) electrons. The van der Waals surface area contributed by atoms with E-state index in [2.05, 4.69) is 5.32 Å². The summed E-state index contributed by atoms with van der Waals surface area (Å²) in [5, 5.41) is 54.0. The molecule has 4 heterocycles. The first-order valence-corrected chi connectivity index (χ1v) is 22.5. The van der Waals surface area contributed by atoms with E-state index in [-0.39, 0.29) is 39.1 Å². The Hall–Kier alpha value is -5.41. The minimum absolute atomic E-state index is 0.00543. The van der Waals surface area contributed by atoms with Crippen LogP contribution >= 0.6 is 0 Å². The van der Waals surface area contributed by atoms with Crippen molar-refractivity contribution in [2.75, 3.05) is 33.4 Å². The maximum Gasteiger partial charge on any atom is 0.327 e. The van der Waals surface area contributed by atoms with E-state index in [0.717, 1.165) is 11.1 Å². The van der Waals surface area contributed by atoms with E-state index < -0.39 is 103 Å². The van der Waals surface area contributed by atoms with Crippen LogP contribution < -0.4 is 5.32 Å². The van der Waals surface area contributed by atoms with Crippen LogP contribution in [0.4, 0.5) is 0 Å². The normalized spacial score (nSPS) is 31.2. The summed E-state index contributed by atoms with van der Waals surface area (Å²) in [6.07, 6.45) is -7.31. The van der Waals surface area contributed by atoms with Crippen molar-refractivity contribution in [2.45, 2.75) is 92.4 Å². The molecule has 9 rings (SSSR count). The van der Waals surface area contributed by atoms with Gasteiger partial charge in [0, 0.05) is 37.6 Å². The van der Waals surface area contributed by atoms with Gasteiger partial charge in [-0.2, -0.15) is 5.06 Å².